The van der Waals surface area contributed by atoms with Crippen LogP contribution in [0.3, 0.4) is 0 Å². The Bertz CT molecular complexity index is 956. The van der Waals surface area contributed by atoms with E-state index in [4.69, 9.17) is 10.3 Å². The highest BCUT2D eigenvalue weighted by atomic mass is 32.3. The summed E-state index contributed by atoms with van der Waals surface area (Å²) in [6, 6.07) is 1.32. The second-order valence-electron chi connectivity index (χ2n) is 6.58. The van der Waals surface area contributed by atoms with Gasteiger partial charge in [-0.15, -0.1) is 4.28 Å². The number of rotatable bonds is 5. The van der Waals surface area contributed by atoms with E-state index in [0.717, 1.165) is 11.0 Å². The summed E-state index contributed by atoms with van der Waals surface area (Å²) in [7, 11) is -4.89. The third kappa shape index (κ3) is 4.72. The van der Waals surface area contributed by atoms with Crippen molar-refractivity contribution in [1.82, 2.24) is 20.8 Å². The summed E-state index contributed by atoms with van der Waals surface area (Å²) in [5.41, 5.74) is 10.0. The van der Waals surface area contributed by atoms with Gasteiger partial charge in [-0.3, -0.25) is 25.0 Å². The lowest BCUT2D eigenvalue weighted by Gasteiger charge is -2.29. The number of hydrogen-bond donors (Lipinski definition) is 4. The number of nitrogen functional groups attached to an aromatic ring is 1. The van der Waals surface area contributed by atoms with Gasteiger partial charge in [0, 0.05) is 12.2 Å². The van der Waals surface area contributed by atoms with Crippen LogP contribution in [0.25, 0.3) is 0 Å². The molecule has 29 heavy (non-hydrogen) atoms. The van der Waals surface area contributed by atoms with Crippen LogP contribution in [0.15, 0.2) is 18.2 Å². The summed E-state index contributed by atoms with van der Waals surface area (Å²) in [6.45, 7) is 0.0109. The van der Waals surface area contributed by atoms with Crippen molar-refractivity contribution >= 4 is 33.9 Å². The molecule has 5 N–H and O–H groups in total. The number of halogens is 1. The molecule has 0 aliphatic carbocycles. The summed E-state index contributed by atoms with van der Waals surface area (Å²) in [5.74, 6) is -2.07. The van der Waals surface area contributed by atoms with Crippen molar-refractivity contribution in [2.45, 2.75) is 31.3 Å². The first kappa shape index (κ1) is 20.8. The number of amides is 4. The number of nitrogens with one attached hydrogen (secondary N) is 2. The smallest absolute Gasteiger partial charge is 0.399 e. The summed E-state index contributed by atoms with van der Waals surface area (Å²) >= 11 is 0. The zero-order chi connectivity index (χ0) is 21.3. The minimum Gasteiger partial charge on any atom is -0.399 e. The number of nitrogens with two attached hydrogens (primary N) is 1. The lowest BCUT2D eigenvalue weighted by molar-refractivity contribution is -0.131. The molecule has 12 nitrogen and oxygen atoms in total. The molecule has 2 atom stereocenters. The van der Waals surface area contributed by atoms with Crippen molar-refractivity contribution in [3.05, 3.63) is 29.6 Å². The Hall–Kier alpha value is -2.97. The molecule has 1 aromatic rings. The molecule has 3 rings (SSSR count). The molecule has 4 amide bonds. The van der Waals surface area contributed by atoms with E-state index in [9.17, 15) is 27.2 Å². The fourth-order valence-corrected chi connectivity index (χ4v) is 3.63. The topological polar surface area (TPSA) is 171 Å². The van der Waals surface area contributed by atoms with Crippen LogP contribution in [0.2, 0.25) is 0 Å². The number of carbonyl (C=O) groups excluding carboxylic acids is 3. The molecule has 14 heteroatoms. The number of urea groups is 1. The Kier molecular flexibility index (Phi) is 5.59. The van der Waals surface area contributed by atoms with E-state index in [1.165, 1.54) is 12.1 Å². The highest BCUT2D eigenvalue weighted by Crippen LogP contribution is 2.30. The van der Waals surface area contributed by atoms with Gasteiger partial charge >= 0.3 is 16.4 Å². The highest BCUT2D eigenvalue weighted by molar-refractivity contribution is 7.80. The van der Waals surface area contributed by atoms with Crippen molar-refractivity contribution in [3.63, 3.8) is 0 Å². The maximum atomic E-state index is 13.7. The Labute approximate surface area is 164 Å². The van der Waals surface area contributed by atoms with Crippen molar-refractivity contribution in [1.29, 1.82) is 0 Å². The minimum absolute atomic E-state index is 0.0109. The first-order valence-electron chi connectivity index (χ1n) is 8.44. The minimum atomic E-state index is -4.89. The van der Waals surface area contributed by atoms with Gasteiger partial charge in [0.1, 0.15) is 11.9 Å². The van der Waals surface area contributed by atoms with Gasteiger partial charge in [-0.1, -0.05) is 6.07 Å². The fraction of sp³-hybridized carbons (Fsp3) is 0.400. The third-order valence-electron chi connectivity index (χ3n) is 4.55. The van der Waals surface area contributed by atoms with Crippen LogP contribution in [-0.2, 0) is 30.7 Å². The van der Waals surface area contributed by atoms with Gasteiger partial charge in [0.15, 0.2) is 0 Å². The van der Waals surface area contributed by atoms with Gasteiger partial charge < -0.3 is 10.6 Å². The fourth-order valence-electron chi connectivity index (χ4n) is 3.24. The Balaban J connectivity index is 1.56. The molecule has 0 radical (unpaired) electrons. The molecular formula is C15H18FN5O7S. The number of hydrazine groups is 1. The van der Waals surface area contributed by atoms with Gasteiger partial charge in [0.2, 0.25) is 5.91 Å². The zero-order valence-corrected chi connectivity index (χ0v) is 15.7. The lowest BCUT2D eigenvalue weighted by atomic mass is 10.0. The van der Waals surface area contributed by atoms with E-state index < -0.39 is 46.1 Å². The SMILES string of the molecule is Nc1ccc(CC(=O)NNC(=O)[C@@H]2CC[C@@H]3CN2C(=O)N3OS(=O)(=O)O)c(F)c1. The number of carbonyl (C=O) groups is 3. The molecule has 2 aliphatic heterocycles. The quantitative estimate of drug-likeness (QED) is 0.264. The second-order valence-corrected chi connectivity index (χ2v) is 7.58. The molecule has 2 aliphatic rings. The van der Waals surface area contributed by atoms with E-state index in [1.807, 2.05) is 0 Å². The Morgan fingerprint density at radius 1 is 1.31 bits per heavy atom. The molecule has 2 bridgehead atoms. The zero-order valence-electron chi connectivity index (χ0n) is 14.9. The van der Waals surface area contributed by atoms with Crippen LogP contribution in [0.5, 0.6) is 0 Å². The van der Waals surface area contributed by atoms with Crippen LogP contribution in [-0.4, -0.2) is 59.4 Å². The number of piperidine rings is 1. The summed E-state index contributed by atoms with van der Waals surface area (Å²) in [6.07, 6.45) is 0.0637. The Morgan fingerprint density at radius 2 is 2.03 bits per heavy atom. The average molecular weight is 431 g/mol. The lowest BCUT2D eigenvalue weighted by Crippen LogP contribution is -2.54. The van der Waals surface area contributed by atoms with E-state index in [-0.39, 0.29) is 37.1 Å². The number of benzene rings is 1. The van der Waals surface area contributed by atoms with Crippen molar-refractivity contribution < 1.29 is 36.0 Å². The van der Waals surface area contributed by atoms with Crippen LogP contribution in [0.4, 0.5) is 14.9 Å². The number of nitrogens with zero attached hydrogens (tertiary/aromatic N) is 2. The monoisotopic (exact) mass is 431 g/mol. The van der Waals surface area contributed by atoms with Gasteiger partial charge in [-0.05, 0) is 30.5 Å². The highest BCUT2D eigenvalue weighted by Gasteiger charge is 2.49. The molecule has 0 spiro atoms. The number of hydrogen-bond acceptors (Lipinski definition) is 7. The molecule has 2 saturated heterocycles. The Morgan fingerprint density at radius 3 is 2.69 bits per heavy atom. The van der Waals surface area contributed by atoms with Crippen LogP contribution in [0, 0.1) is 5.82 Å². The van der Waals surface area contributed by atoms with Gasteiger partial charge in [0.05, 0.1) is 12.5 Å². The number of anilines is 1. The number of hydroxylamine groups is 2. The summed E-state index contributed by atoms with van der Waals surface area (Å²) < 4.78 is 48.5. The molecule has 2 heterocycles. The summed E-state index contributed by atoms with van der Waals surface area (Å²) in [4.78, 5) is 37.6. The van der Waals surface area contributed by atoms with E-state index in [1.54, 1.807) is 0 Å². The predicted molar refractivity (Wildman–Crippen MR) is 94.2 cm³/mol. The standard InChI is InChI=1S/C15H18FN5O7S/c16-11-6-9(17)2-1-8(11)5-13(22)18-19-14(23)12-4-3-10-7-20(12)15(24)21(10)28-29(25,26)27/h1-2,6,10,12H,3-5,7,17H2,(H,18,22)(H,19,23)(H,25,26,27)/t10-,12+/m1/s1. The maximum absolute atomic E-state index is 13.7. The molecule has 1 aromatic carbocycles. The molecule has 158 valence electrons. The van der Waals surface area contributed by atoms with Crippen LogP contribution >= 0.6 is 0 Å². The van der Waals surface area contributed by atoms with Crippen LogP contribution in [0.1, 0.15) is 18.4 Å². The van der Waals surface area contributed by atoms with E-state index in [2.05, 4.69) is 15.1 Å². The average Bonchev–Trinajstić information content (AvgIpc) is 2.86. The normalized spacial score (nSPS) is 21.2. The summed E-state index contributed by atoms with van der Waals surface area (Å²) in [5, 5.41) is 0.505. The van der Waals surface area contributed by atoms with E-state index in [0.29, 0.717) is 5.06 Å². The maximum Gasteiger partial charge on any atom is 0.418 e. The largest absolute Gasteiger partial charge is 0.418 e. The first-order valence-corrected chi connectivity index (χ1v) is 9.81. The predicted octanol–water partition coefficient (Wildman–Crippen LogP) is -0.899. The molecular weight excluding hydrogens is 413 g/mol. The molecule has 0 saturated carbocycles. The van der Waals surface area contributed by atoms with Gasteiger partial charge in [-0.2, -0.15) is 13.5 Å². The molecule has 0 unspecified atom stereocenters. The third-order valence-corrected chi connectivity index (χ3v) is 4.90. The number of fused-ring (bicyclic) bond motifs is 2. The van der Waals surface area contributed by atoms with Crippen molar-refractivity contribution in [3.8, 4) is 0 Å². The van der Waals surface area contributed by atoms with E-state index >= 15 is 0 Å². The first-order chi connectivity index (χ1) is 13.5. The van der Waals surface area contributed by atoms with Crippen molar-refractivity contribution in [2.24, 2.45) is 0 Å². The van der Waals surface area contributed by atoms with Crippen LogP contribution < -0.4 is 16.6 Å². The molecule has 0 aromatic heterocycles. The second kappa shape index (κ2) is 7.81. The van der Waals surface area contributed by atoms with Gasteiger partial charge in [0.25, 0.3) is 5.91 Å². The van der Waals surface area contributed by atoms with Crippen molar-refractivity contribution in [2.75, 3.05) is 12.3 Å². The molecule has 2 fully saturated rings. The van der Waals surface area contributed by atoms with Gasteiger partial charge in [-0.25, -0.2) is 9.18 Å².